The van der Waals surface area contributed by atoms with Crippen LogP contribution in [0.5, 0.6) is 5.75 Å². The topological polar surface area (TPSA) is 65.5 Å². The highest BCUT2D eigenvalue weighted by molar-refractivity contribution is 7.86. The van der Waals surface area contributed by atoms with E-state index >= 15 is 0 Å². The van der Waals surface area contributed by atoms with Crippen molar-refractivity contribution in [3.8, 4) is 5.75 Å². The molecule has 2 rings (SSSR count). The summed E-state index contributed by atoms with van der Waals surface area (Å²) in [6.45, 7) is 5.57. The molecule has 0 saturated carbocycles. The summed E-state index contributed by atoms with van der Waals surface area (Å²) in [5.41, 5.74) is 1.82. The summed E-state index contributed by atoms with van der Waals surface area (Å²) in [5.74, 6) is 0.617. The van der Waals surface area contributed by atoms with E-state index < -0.39 is 16.2 Å². The first kappa shape index (κ1) is 18.2. The fourth-order valence-electron chi connectivity index (χ4n) is 2.23. The smallest absolute Gasteiger partial charge is 0.297 e. The molecule has 24 heavy (non-hydrogen) atoms. The maximum Gasteiger partial charge on any atom is 0.297 e. The van der Waals surface area contributed by atoms with Crippen molar-refractivity contribution in [1.29, 1.82) is 0 Å². The van der Waals surface area contributed by atoms with Crippen LogP contribution >= 0.6 is 0 Å². The number of ether oxygens (including phenoxy) is 1. The Balaban J connectivity index is 2.17. The van der Waals surface area contributed by atoms with Crippen LogP contribution in [-0.2, 0) is 20.7 Å². The van der Waals surface area contributed by atoms with Crippen LogP contribution < -0.4 is 4.74 Å². The Morgan fingerprint density at radius 2 is 1.96 bits per heavy atom. The Morgan fingerprint density at radius 3 is 2.58 bits per heavy atom. The largest absolute Gasteiger partial charge is 0.495 e. The van der Waals surface area contributed by atoms with E-state index in [4.69, 9.17) is 8.92 Å². The lowest BCUT2D eigenvalue weighted by molar-refractivity contribution is 0.212. The zero-order valence-corrected chi connectivity index (χ0v) is 14.6. The summed E-state index contributed by atoms with van der Waals surface area (Å²) in [7, 11) is -2.28. The van der Waals surface area contributed by atoms with Crippen LogP contribution in [0.4, 0.5) is 0 Å². The van der Waals surface area contributed by atoms with Crippen LogP contribution in [0, 0.1) is 6.92 Å². The van der Waals surface area contributed by atoms with E-state index in [0.29, 0.717) is 18.6 Å². The van der Waals surface area contributed by atoms with Gasteiger partial charge in [0.2, 0.25) is 0 Å². The van der Waals surface area contributed by atoms with Gasteiger partial charge in [0.15, 0.2) is 0 Å². The minimum Gasteiger partial charge on any atom is -0.495 e. The van der Waals surface area contributed by atoms with Crippen LogP contribution in [-0.4, -0.2) is 26.6 Å². The van der Waals surface area contributed by atoms with Crippen LogP contribution in [0.3, 0.4) is 0 Å². The van der Waals surface area contributed by atoms with E-state index in [1.807, 2.05) is 13.0 Å². The summed E-state index contributed by atoms with van der Waals surface area (Å²) < 4.78 is 35.4. The molecule has 1 aromatic heterocycles. The van der Waals surface area contributed by atoms with Gasteiger partial charge >= 0.3 is 0 Å². The normalized spacial score (nSPS) is 12.6. The number of hydrogen-bond donors (Lipinski definition) is 0. The minimum absolute atomic E-state index is 0.144. The molecule has 0 spiro atoms. The van der Waals surface area contributed by atoms with Gasteiger partial charge in [0.25, 0.3) is 10.1 Å². The molecule has 0 N–H and O–H groups in total. The first-order chi connectivity index (χ1) is 11.4. The molecule has 0 radical (unpaired) electrons. The van der Waals surface area contributed by atoms with Crippen molar-refractivity contribution in [2.24, 2.45) is 0 Å². The average Bonchev–Trinajstić information content (AvgIpc) is 2.55. The van der Waals surface area contributed by atoms with Gasteiger partial charge in [0.1, 0.15) is 5.75 Å². The SMILES string of the molecule is C=CCC(Cc1cncc(OC)c1)OS(=O)(=O)c1ccc(C)cc1. The summed E-state index contributed by atoms with van der Waals surface area (Å²) in [6, 6.07) is 8.38. The molecule has 2 aromatic rings. The highest BCUT2D eigenvalue weighted by Gasteiger charge is 2.21. The summed E-state index contributed by atoms with van der Waals surface area (Å²) in [6.07, 6.45) is 5.14. The van der Waals surface area contributed by atoms with Crippen LogP contribution in [0.25, 0.3) is 0 Å². The first-order valence-electron chi connectivity index (χ1n) is 7.53. The van der Waals surface area contributed by atoms with Crippen molar-refractivity contribution >= 4 is 10.1 Å². The molecule has 0 amide bonds. The third-order valence-corrected chi connectivity index (χ3v) is 4.85. The van der Waals surface area contributed by atoms with Crippen molar-refractivity contribution in [2.75, 3.05) is 7.11 Å². The lowest BCUT2D eigenvalue weighted by atomic mass is 10.1. The van der Waals surface area contributed by atoms with E-state index in [-0.39, 0.29) is 4.90 Å². The average molecular weight is 347 g/mol. The number of benzene rings is 1. The monoisotopic (exact) mass is 347 g/mol. The Labute approximate surface area is 143 Å². The molecule has 0 fully saturated rings. The fourth-order valence-corrected chi connectivity index (χ4v) is 3.32. The van der Waals surface area contributed by atoms with Crippen LogP contribution in [0.1, 0.15) is 17.5 Å². The predicted molar refractivity (Wildman–Crippen MR) is 92.5 cm³/mol. The van der Waals surface area contributed by atoms with Gasteiger partial charge in [-0.25, -0.2) is 0 Å². The lowest BCUT2D eigenvalue weighted by Crippen LogP contribution is -2.20. The molecule has 6 heteroatoms. The van der Waals surface area contributed by atoms with Crippen molar-refractivity contribution in [1.82, 2.24) is 4.98 Å². The predicted octanol–water partition coefficient (Wildman–Crippen LogP) is 3.29. The zero-order chi connectivity index (χ0) is 17.6. The zero-order valence-electron chi connectivity index (χ0n) is 13.8. The molecule has 1 unspecified atom stereocenters. The number of hydrogen-bond acceptors (Lipinski definition) is 5. The van der Waals surface area contributed by atoms with E-state index in [0.717, 1.165) is 11.1 Å². The molecule has 0 aliphatic carbocycles. The number of rotatable bonds is 8. The van der Waals surface area contributed by atoms with E-state index in [9.17, 15) is 8.42 Å². The number of methoxy groups -OCH3 is 1. The van der Waals surface area contributed by atoms with Gasteiger partial charge in [-0.15, -0.1) is 6.58 Å². The van der Waals surface area contributed by atoms with Crippen molar-refractivity contribution in [3.05, 3.63) is 66.5 Å². The van der Waals surface area contributed by atoms with E-state index in [2.05, 4.69) is 11.6 Å². The summed E-state index contributed by atoms with van der Waals surface area (Å²) in [4.78, 5) is 4.22. The van der Waals surface area contributed by atoms with Crippen molar-refractivity contribution in [3.63, 3.8) is 0 Å². The Morgan fingerprint density at radius 1 is 1.25 bits per heavy atom. The second-order valence-corrected chi connectivity index (χ2v) is 7.02. The van der Waals surface area contributed by atoms with Crippen LogP contribution in [0.15, 0.2) is 60.3 Å². The number of pyridine rings is 1. The number of aromatic nitrogens is 1. The maximum absolute atomic E-state index is 12.4. The fraction of sp³-hybridized carbons (Fsp3) is 0.278. The van der Waals surface area contributed by atoms with Gasteiger partial charge in [-0.05, 0) is 37.1 Å². The third-order valence-electron chi connectivity index (χ3n) is 3.47. The third kappa shape index (κ3) is 4.91. The highest BCUT2D eigenvalue weighted by Crippen LogP contribution is 2.20. The van der Waals surface area contributed by atoms with Crippen molar-refractivity contribution < 1.29 is 17.3 Å². The molecule has 1 heterocycles. The molecule has 5 nitrogen and oxygen atoms in total. The summed E-state index contributed by atoms with van der Waals surface area (Å²) in [5, 5.41) is 0. The number of aryl methyl sites for hydroxylation is 1. The standard InChI is InChI=1S/C18H21NO4S/c1-4-5-16(10-15-11-17(22-3)13-19-12-15)23-24(20,21)18-8-6-14(2)7-9-18/h4,6-9,11-13,16H,1,5,10H2,2-3H3. The molecule has 0 bridgehead atoms. The van der Waals surface area contributed by atoms with E-state index in [1.165, 1.54) is 0 Å². The Hall–Kier alpha value is -2.18. The molecule has 0 aliphatic heterocycles. The minimum atomic E-state index is -3.83. The second kappa shape index (κ2) is 8.08. The van der Waals surface area contributed by atoms with Gasteiger partial charge in [0.05, 0.1) is 24.3 Å². The van der Waals surface area contributed by atoms with Gasteiger partial charge < -0.3 is 4.74 Å². The molecule has 128 valence electrons. The molecule has 1 atom stereocenters. The quantitative estimate of drug-likeness (QED) is 0.541. The van der Waals surface area contributed by atoms with Gasteiger partial charge in [-0.2, -0.15) is 8.42 Å². The Kier molecular flexibility index (Phi) is 6.11. The molecular formula is C18H21NO4S. The number of nitrogens with zero attached hydrogens (tertiary/aromatic N) is 1. The maximum atomic E-state index is 12.4. The molecule has 1 aromatic carbocycles. The molecule has 0 aliphatic rings. The van der Waals surface area contributed by atoms with Crippen LogP contribution in [0.2, 0.25) is 0 Å². The highest BCUT2D eigenvalue weighted by atomic mass is 32.2. The molecule has 0 saturated heterocycles. The summed E-state index contributed by atoms with van der Waals surface area (Å²) >= 11 is 0. The molecular weight excluding hydrogens is 326 g/mol. The second-order valence-electron chi connectivity index (χ2n) is 5.45. The first-order valence-corrected chi connectivity index (χ1v) is 8.94. The van der Waals surface area contributed by atoms with Crippen molar-refractivity contribution in [2.45, 2.75) is 30.8 Å². The van der Waals surface area contributed by atoms with Gasteiger partial charge in [0, 0.05) is 12.6 Å². The van der Waals surface area contributed by atoms with E-state index in [1.54, 1.807) is 49.8 Å². The lowest BCUT2D eigenvalue weighted by Gasteiger charge is -2.16. The van der Waals surface area contributed by atoms with Gasteiger partial charge in [-0.3, -0.25) is 9.17 Å². The van der Waals surface area contributed by atoms with Gasteiger partial charge in [-0.1, -0.05) is 23.8 Å². The Bertz CT molecular complexity index is 785.